The summed E-state index contributed by atoms with van der Waals surface area (Å²) < 4.78 is 5.14. The van der Waals surface area contributed by atoms with Gasteiger partial charge in [-0.15, -0.1) is 0 Å². The summed E-state index contributed by atoms with van der Waals surface area (Å²) in [6.07, 6.45) is 2.13. The SMILES string of the molecule is COc1cccc(C(O)CNCCC(=O)N2CCCC2)c1. The van der Waals surface area contributed by atoms with E-state index in [1.54, 1.807) is 7.11 Å². The first-order chi connectivity index (χ1) is 10.2. The fourth-order valence-corrected chi connectivity index (χ4v) is 2.53. The Morgan fingerprint density at radius 3 is 2.90 bits per heavy atom. The number of aliphatic hydroxyl groups excluding tert-OH is 1. The van der Waals surface area contributed by atoms with Crippen molar-refractivity contribution in [3.8, 4) is 5.75 Å². The van der Waals surface area contributed by atoms with Crippen molar-refractivity contribution < 1.29 is 14.6 Å². The van der Waals surface area contributed by atoms with Gasteiger partial charge in [-0.25, -0.2) is 0 Å². The molecular weight excluding hydrogens is 268 g/mol. The van der Waals surface area contributed by atoms with E-state index in [4.69, 9.17) is 4.74 Å². The summed E-state index contributed by atoms with van der Waals surface area (Å²) in [4.78, 5) is 13.8. The largest absolute Gasteiger partial charge is 0.497 e. The second-order valence-electron chi connectivity index (χ2n) is 5.33. The maximum absolute atomic E-state index is 11.9. The van der Waals surface area contributed by atoms with Crippen LogP contribution in [0, 0.1) is 0 Å². The van der Waals surface area contributed by atoms with Crippen molar-refractivity contribution in [3.63, 3.8) is 0 Å². The highest BCUT2D eigenvalue weighted by atomic mass is 16.5. The van der Waals surface area contributed by atoms with Gasteiger partial charge >= 0.3 is 0 Å². The van der Waals surface area contributed by atoms with Crippen LogP contribution in [0.15, 0.2) is 24.3 Å². The third-order valence-corrected chi connectivity index (χ3v) is 3.79. The van der Waals surface area contributed by atoms with Crippen LogP contribution in [0.5, 0.6) is 5.75 Å². The number of hydrogen-bond acceptors (Lipinski definition) is 4. The topological polar surface area (TPSA) is 61.8 Å². The molecule has 1 aromatic rings. The second-order valence-corrected chi connectivity index (χ2v) is 5.33. The number of carbonyl (C=O) groups excluding carboxylic acids is 1. The Balaban J connectivity index is 1.68. The van der Waals surface area contributed by atoms with Crippen LogP contribution in [0.4, 0.5) is 0 Å². The van der Waals surface area contributed by atoms with Crippen LogP contribution in [-0.4, -0.2) is 49.2 Å². The Labute approximate surface area is 125 Å². The smallest absolute Gasteiger partial charge is 0.223 e. The summed E-state index contributed by atoms with van der Waals surface area (Å²) in [7, 11) is 1.60. The number of benzene rings is 1. The normalized spacial score (nSPS) is 16.0. The molecule has 1 saturated heterocycles. The molecule has 0 radical (unpaired) electrons. The predicted octanol–water partition coefficient (Wildman–Crippen LogP) is 1.33. The highest BCUT2D eigenvalue weighted by molar-refractivity contribution is 5.76. The van der Waals surface area contributed by atoms with Crippen molar-refractivity contribution in [3.05, 3.63) is 29.8 Å². The first-order valence-corrected chi connectivity index (χ1v) is 7.51. The van der Waals surface area contributed by atoms with Gasteiger partial charge in [-0.05, 0) is 30.5 Å². The summed E-state index contributed by atoms with van der Waals surface area (Å²) in [6, 6.07) is 7.39. The molecule has 1 aromatic carbocycles. The molecule has 21 heavy (non-hydrogen) atoms. The zero-order valence-corrected chi connectivity index (χ0v) is 12.5. The van der Waals surface area contributed by atoms with Crippen LogP contribution in [0.1, 0.15) is 30.9 Å². The van der Waals surface area contributed by atoms with Gasteiger partial charge in [0.25, 0.3) is 0 Å². The maximum Gasteiger partial charge on any atom is 0.223 e. The van der Waals surface area contributed by atoms with E-state index in [0.29, 0.717) is 19.5 Å². The van der Waals surface area contributed by atoms with Gasteiger partial charge in [0.15, 0.2) is 0 Å². The molecule has 2 N–H and O–H groups in total. The molecule has 1 unspecified atom stereocenters. The number of aliphatic hydroxyl groups is 1. The van der Waals surface area contributed by atoms with E-state index in [1.807, 2.05) is 29.2 Å². The Morgan fingerprint density at radius 1 is 1.43 bits per heavy atom. The van der Waals surface area contributed by atoms with Gasteiger partial charge in [0.2, 0.25) is 5.91 Å². The molecule has 2 rings (SSSR count). The first-order valence-electron chi connectivity index (χ1n) is 7.51. The molecule has 0 spiro atoms. The van der Waals surface area contributed by atoms with Gasteiger partial charge in [0.1, 0.15) is 5.75 Å². The van der Waals surface area contributed by atoms with Crippen molar-refractivity contribution in [2.75, 3.05) is 33.3 Å². The molecule has 1 atom stereocenters. The molecule has 5 nitrogen and oxygen atoms in total. The molecule has 0 aromatic heterocycles. The molecule has 0 saturated carbocycles. The molecule has 1 amide bonds. The molecular formula is C16H24N2O3. The molecule has 1 aliphatic heterocycles. The average molecular weight is 292 g/mol. The average Bonchev–Trinajstić information content (AvgIpc) is 3.05. The maximum atomic E-state index is 11.9. The lowest BCUT2D eigenvalue weighted by atomic mass is 10.1. The number of nitrogens with zero attached hydrogens (tertiary/aromatic N) is 1. The molecule has 1 heterocycles. The zero-order valence-electron chi connectivity index (χ0n) is 12.5. The summed E-state index contributed by atoms with van der Waals surface area (Å²) in [5.41, 5.74) is 0.813. The van der Waals surface area contributed by atoms with Gasteiger partial charge in [0, 0.05) is 32.6 Å². The minimum absolute atomic E-state index is 0.205. The van der Waals surface area contributed by atoms with Crippen molar-refractivity contribution in [1.82, 2.24) is 10.2 Å². The summed E-state index contributed by atoms with van der Waals surface area (Å²) in [5, 5.41) is 13.2. The third kappa shape index (κ3) is 4.72. The van der Waals surface area contributed by atoms with Crippen molar-refractivity contribution in [1.29, 1.82) is 0 Å². The molecule has 1 fully saturated rings. The molecule has 0 aliphatic carbocycles. The summed E-state index contributed by atoms with van der Waals surface area (Å²) >= 11 is 0. The number of ether oxygens (including phenoxy) is 1. The lowest BCUT2D eigenvalue weighted by Crippen LogP contribution is -2.31. The number of carbonyl (C=O) groups is 1. The Bertz CT molecular complexity index is 459. The highest BCUT2D eigenvalue weighted by Crippen LogP contribution is 2.18. The molecule has 0 bridgehead atoms. The fourth-order valence-electron chi connectivity index (χ4n) is 2.53. The standard InChI is InChI=1S/C16H24N2O3/c1-21-14-6-4-5-13(11-14)15(19)12-17-8-7-16(20)18-9-2-3-10-18/h4-6,11,15,17,19H,2-3,7-10,12H2,1H3. The Hall–Kier alpha value is -1.59. The monoisotopic (exact) mass is 292 g/mol. The quantitative estimate of drug-likeness (QED) is 0.744. The zero-order chi connectivity index (χ0) is 15.1. The van der Waals surface area contributed by atoms with E-state index in [-0.39, 0.29) is 5.91 Å². The number of amides is 1. The van der Waals surface area contributed by atoms with E-state index in [9.17, 15) is 9.90 Å². The van der Waals surface area contributed by atoms with Crippen LogP contribution in [0.25, 0.3) is 0 Å². The molecule has 5 heteroatoms. The van der Waals surface area contributed by atoms with E-state index in [2.05, 4.69) is 5.32 Å². The van der Waals surface area contributed by atoms with E-state index in [0.717, 1.165) is 37.2 Å². The minimum Gasteiger partial charge on any atom is -0.497 e. The van der Waals surface area contributed by atoms with E-state index < -0.39 is 6.10 Å². The number of methoxy groups -OCH3 is 1. The highest BCUT2D eigenvalue weighted by Gasteiger charge is 2.17. The van der Waals surface area contributed by atoms with Crippen molar-refractivity contribution in [2.24, 2.45) is 0 Å². The summed E-state index contributed by atoms with van der Waals surface area (Å²) in [5.74, 6) is 0.937. The number of rotatable bonds is 7. The van der Waals surface area contributed by atoms with Crippen LogP contribution in [0.2, 0.25) is 0 Å². The van der Waals surface area contributed by atoms with Gasteiger partial charge in [-0.3, -0.25) is 4.79 Å². The van der Waals surface area contributed by atoms with E-state index in [1.165, 1.54) is 0 Å². The van der Waals surface area contributed by atoms with E-state index >= 15 is 0 Å². The molecule has 116 valence electrons. The molecule has 1 aliphatic rings. The predicted molar refractivity (Wildman–Crippen MR) is 81.3 cm³/mol. The number of nitrogens with one attached hydrogen (secondary N) is 1. The second kappa shape index (κ2) is 8.00. The lowest BCUT2D eigenvalue weighted by molar-refractivity contribution is -0.130. The van der Waals surface area contributed by atoms with Crippen LogP contribution < -0.4 is 10.1 Å². The fraction of sp³-hybridized carbons (Fsp3) is 0.562. The Morgan fingerprint density at radius 2 is 2.19 bits per heavy atom. The van der Waals surface area contributed by atoms with Gasteiger partial charge in [-0.2, -0.15) is 0 Å². The van der Waals surface area contributed by atoms with Crippen LogP contribution in [0.3, 0.4) is 0 Å². The summed E-state index contributed by atoms with van der Waals surface area (Å²) in [6.45, 7) is 2.81. The van der Waals surface area contributed by atoms with Crippen molar-refractivity contribution >= 4 is 5.91 Å². The van der Waals surface area contributed by atoms with Gasteiger partial charge in [-0.1, -0.05) is 12.1 Å². The third-order valence-electron chi connectivity index (χ3n) is 3.79. The van der Waals surface area contributed by atoms with Crippen LogP contribution >= 0.6 is 0 Å². The number of likely N-dealkylation sites (tertiary alicyclic amines) is 1. The van der Waals surface area contributed by atoms with Gasteiger partial charge < -0.3 is 20.1 Å². The van der Waals surface area contributed by atoms with Gasteiger partial charge in [0.05, 0.1) is 13.2 Å². The minimum atomic E-state index is -0.595. The lowest BCUT2D eigenvalue weighted by Gasteiger charge is -2.16. The first kappa shape index (κ1) is 15.8. The van der Waals surface area contributed by atoms with Crippen molar-refractivity contribution in [2.45, 2.75) is 25.4 Å². The number of hydrogen-bond donors (Lipinski definition) is 2. The Kier molecular flexibility index (Phi) is 6.02. The van der Waals surface area contributed by atoms with Crippen LogP contribution in [-0.2, 0) is 4.79 Å².